The van der Waals surface area contributed by atoms with E-state index in [0.717, 1.165) is 36.3 Å². The molecule has 0 fully saturated rings. The van der Waals surface area contributed by atoms with Gasteiger partial charge >= 0.3 is 0 Å². The quantitative estimate of drug-likeness (QED) is 0.154. The third-order valence-corrected chi connectivity index (χ3v) is 19.3. The number of hydrogen-bond acceptors (Lipinski definition) is 3. The first-order valence-corrected chi connectivity index (χ1v) is 28.3. The van der Waals surface area contributed by atoms with Crippen molar-refractivity contribution in [3.8, 4) is 11.1 Å². The lowest BCUT2D eigenvalue weighted by Gasteiger charge is -2.47. The van der Waals surface area contributed by atoms with Gasteiger partial charge in [0, 0.05) is 45.5 Å². The van der Waals surface area contributed by atoms with Gasteiger partial charge in [-0.2, -0.15) is 0 Å². The van der Waals surface area contributed by atoms with Crippen LogP contribution < -0.4 is 31.1 Å². The first-order chi connectivity index (χ1) is 36.0. The third kappa shape index (κ3) is 7.28. The standard InChI is InChI=1S/C72H76BN3/c1-45-34-52-55(68(5,6)33-32-67(52,3)4)40-62(45)76-63-42-57-54(70(9,10)44-72(57,13)14)39-59(63)73-58-36-48(47-24-18-15-19-25-47)30-31-60(58)75(61-41-56-53(35-46(61)2)69(7,8)43-71(56,11)12)64-37-51(38-65(76)66(64)73)74(49-26-20-16-21-27-49)50-28-22-17-23-29-50/h15-31,34-42H,32-33,43-44H2,1-14H3. The molecule has 0 atom stereocenters. The highest BCUT2D eigenvalue weighted by atomic mass is 15.2. The van der Waals surface area contributed by atoms with Gasteiger partial charge in [0.1, 0.15) is 0 Å². The molecule has 0 amide bonds. The van der Waals surface area contributed by atoms with Gasteiger partial charge in [0.2, 0.25) is 0 Å². The van der Waals surface area contributed by atoms with Crippen LogP contribution in [0.3, 0.4) is 0 Å². The molecule has 2 aliphatic heterocycles. The van der Waals surface area contributed by atoms with E-state index in [-0.39, 0.29) is 39.2 Å². The van der Waals surface area contributed by atoms with E-state index in [0.29, 0.717) is 0 Å². The second-order valence-electron chi connectivity index (χ2n) is 27.6. The van der Waals surface area contributed by atoms with E-state index >= 15 is 0 Å². The van der Waals surface area contributed by atoms with Crippen LogP contribution in [0, 0.1) is 13.8 Å². The van der Waals surface area contributed by atoms with Gasteiger partial charge in [-0.15, -0.1) is 0 Å². The van der Waals surface area contributed by atoms with Crippen LogP contribution in [0.25, 0.3) is 11.1 Å². The van der Waals surface area contributed by atoms with Gasteiger partial charge in [-0.3, -0.25) is 0 Å². The maximum atomic E-state index is 2.75. The number of fused-ring (bicyclic) bond motifs is 7. The minimum Gasteiger partial charge on any atom is -0.311 e. The normalized spacial score (nSPS) is 19.0. The molecule has 5 aliphatic rings. The molecular formula is C72H76BN3. The zero-order chi connectivity index (χ0) is 53.2. The highest BCUT2D eigenvalue weighted by Gasteiger charge is 2.50. The summed E-state index contributed by atoms with van der Waals surface area (Å²) in [7, 11) is 0. The maximum Gasteiger partial charge on any atom is 0.252 e. The first-order valence-electron chi connectivity index (χ1n) is 28.3. The second kappa shape index (κ2) is 16.4. The predicted molar refractivity (Wildman–Crippen MR) is 327 cm³/mol. The van der Waals surface area contributed by atoms with Gasteiger partial charge < -0.3 is 14.7 Å². The Morgan fingerprint density at radius 2 is 0.737 bits per heavy atom. The van der Waals surface area contributed by atoms with E-state index in [1.165, 1.54) is 113 Å². The van der Waals surface area contributed by atoms with Crippen molar-refractivity contribution < 1.29 is 0 Å². The van der Waals surface area contributed by atoms with Crippen LogP contribution in [0.4, 0.5) is 51.2 Å². The van der Waals surface area contributed by atoms with Crippen LogP contribution in [-0.2, 0) is 32.5 Å². The Kier molecular flexibility index (Phi) is 10.5. The minimum absolute atomic E-state index is 0.00363. The lowest BCUT2D eigenvalue weighted by atomic mass is 9.33. The molecule has 8 aromatic carbocycles. The van der Waals surface area contributed by atoms with Gasteiger partial charge in [0.25, 0.3) is 6.71 Å². The monoisotopic (exact) mass is 994 g/mol. The van der Waals surface area contributed by atoms with E-state index in [1.807, 2.05) is 0 Å². The summed E-state index contributed by atoms with van der Waals surface area (Å²) < 4.78 is 0. The number of hydrogen-bond donors (Lipinski definition) is 0. The van der Waals surface area contributed by atoms with E-state index < -0.39 is 0 Å². The Morgan fingerprint density at radius 1 is 0.342 bits per heavy atom. The Morgan fingerprint density at radius 3 is 1.24 bits per heavy atom. The topological polar surface area (TPSA) is 9.72 Å². The van der Waals surface area contributed by atoms with E-state index in [2.05, 4.69) is 269 Å². The minimum atomic E-state index is -0.0506. The summed E-state index contributed by atoms with van der Waals surface area (Å²) in [6.45, 7) is 34.4. The number of para-hydroxylation sites is 2. The highest BCUT2D eigenvalue weighted by molar-refractivity contribution is 7.00. The lowest BCUT2D eigenvalue weighted by Crippen LogP contribution is -2.61. The molecule has 4 heteroatoms. The van der Waals surface area contributed by atoms with E-state index in [4.69, 9.17) is 0 Å². The van der Waals surface area contributed by atoms with Gasteiger partial charge in [-0.05, 0) is 205 Å². The fraction of sp³-hybridized carbons (Fsp3) is 0.333. The SMILES string of the molecule is Cc1cc2c(cc1N1c3cc4c(cc3B3c5cc(-c6ccccc6)ccc5N(c5cc6c(cc5C)C(C)(C)CC6(C)C)c5cc(N(c6ccccc6)c6ccccc6)cc1c53)C(C)(C)CC4(C)C)C(C)(C)CCC2(C)C. The van der Waals surface area contributed by atoms with Crippen molar-refractivity contribution >= 4 is 74.3 Å². The molecule has 3 nitrogen and oxygen atoms in total. The molecule has 0 spiro atoms. The second-order valence-corrected chi connectivity index (χ2v) is 27.6. The summed E-state index contributed by atoms with van der Waals surface area (Å²) in [5.74, 6) is 0. The lowest BCUT2D eigenvalue weighted by molar-refractivity contribution is 0.332. The Labute approximate surface area is 455 Å². The van der Waals surface area contributed by atoms with Crippen LogP contribution in [0.15, 0.2) is 158 Å². The number of benzene rings is 8. The molecule has 3 aliphatic carbocycles. The third-order valence-electron chi connectivity index (χ3n) is 19.3. The molecule has 13 rings (SSSR count). The summed E-state index contributed by atoms with van der Waals surface area (Å²) in [6, 6.07) is 61.4. The maximum absolute atomic E-state index is 2.75. The van der Waals surface area contributed by atoms with Crippen molar-refractivity contribution in [1.82, 2.24) is 0 Å². The fourth-order valence-electron chi connectivity index (χ4n) is 15.8. The Hall–Kier alpha value is -6.78. The van der Waals surface area contributed by atoms with Gasteiger partial charge in [0.15, 0.2) is 0 Å². The molecule has 2 heterocycles. The molecular weight excluding hydrogens is 918 g/mol. The fourth-order valence-corrected chi connectivity index (χ4v) is 15.8. The molecule has 76 heavy (non-hydrogen) atoms. The van der Waals surface area contributed by atoms with Crippen molar-refractivity contribution in [2.75, 3.05) is 14.7 Å². The van der Waals surface area contributed by atoms with Crippen LogP contribution in [0.1, 0.15) is 153 Å². The van der Waals surface area contributed by atoms with Crippen molar-refractivity contribution in [3.63, 3.8) is 0 Å². The van der Waals surface area contributed by atoms with E-state index in [9.17, 15) is 0 Å². The molecule has 8 aromatic rings. The van der Waals surface area contributed by atoms with Crippen molar-refractivity contribution in [3.05, 3.63) is 202 Å². The molecule has 0 N–H and O–H groups in total. The Balaban J connectivity index is 1.21. The summed E-state index contributed by atoms with van der Waals surface area (Å²) in [6.07, 6.45) is 4.55. The average molecular weight is 994 g/mol. The zero-order valence-electron chi connectivity index (χ0n) is 47.8. The molecule has 0 aromatic heterocycles. The van der Waals surface area contributed by atoms with Gasteiger partial charge in [-0.1, -0.05) is 180 Å². The number of aryl methyl sites for hydroxylation is 2. The summed E-state index contributed by atoms with van der Waals surface area (Å²) in [5, 5.41) is 0. The smallest absolute Gasteiger partial charge is 0.252 e. The number of rotatable bonds is 6. The molecule has 0 saturated heterocycles. The number of nitrogens with zero attached hydrogens (tertiary/aromatic N) is 3. The molecule has 0 unspecified atom stereocenters. The largest absolute Gasteiger partial charge is 0.311 e. The Bertz CT molecular complexity index is 3650. The van der Waals surface area contributed by atoms with Crippen LogP contribution in [0.5, 0.6) is 0 Å². The molecule has 382 valence electrons. The average Bonchev–Trinajstić information content (AvgIpc) is 3.79. The van der Waals surface area contributed by atoms with Crippen molar-refractivity contribution in [2.24, 2.45) is 0 Å². The zero-order valence-corrected chi connectivity index (χ0v) is 47.8. The number of anilines is 9. The van der Waals surface area contributed by atoms with Crippen LogP contribution in [0.2, 0.25) is 0 Å². The van der Waals surface area contributed by atoms with Gasteiger partial charge in [0.05, 0.1) is 5.69 Å². The van der Waals surface area contributed by atoms with Crippen molar-refractivity contribution in [2.45, 2.75) is 155 Å². The van der Waals surface area contributed by atoms with Crippen LogP contribution in [-0.4, -0.2) is 6.71 Å². The van der Waals surface area contributed by atoms with Crippen LogP contribution >= 0.6 is 0 Å². The first kappa shape index (κ1) is 48.8. The highest BCUT2D eigenvalue weighted by Crippen LogP contribution is 2.57. The predicted octanol–water partition coefficient (Wildman–Crippen LogP) is 17.8. The van der Waals surface area contributed by atoms with Crippen molar-refractivity contribution in [1.29, 1.82) is 0 Å². The summed E-state index contributed by atoms with van der Waals surface area (Å²) >= 11 is 0. The summed E-state index contributed by atoms with van der Waals surface area (Å²) in [4.78, 5) is 7.94. The molecule has 0 bridgehead atoms. The van der Waals surface area contributed by atoms with E-state index in [1.54, 1.807) is 0 Å². The molecule has 0 saturated carbocycles. The molecule has 0 radical (unpaired) electrons. The van der Waals surface area contributed by atoms with Gasteiger partial charge in [-0.25, -0.2) is 0 Å². The summed E-state index contributed by atoms with van der Waals surface area (Å²) in [5.41, 5.74) is 29.2.